The van der Waals surface area contributed by atoms with E-state index in [1.165, 1.54) is 0 Å². The zero-order valence-electron chi connectivity index (χ0n) is 6.83. The fourth-order valence-electron chi connectivity index (χ4n) is 1.52. The van der Waals surface area contributed by atoms with Gasteiger partial charge in [-0.15, -0.1) is 0 Å². The van der Waals surface area contributed by atoms with E-state index in [0.29, 0.717) is 18.6 Å². The van der Waals surface area contributed by atoms with Crippen LogP contribution in [0.2, 0.25) is 0 Å². The van der Waals surface area contributed by atoms with Gasteiger partial charge < -0.3 is 9.84 Å². The fraction of sp³-hybridized carbons (Fsp3) is 0.444. The molecule has 1 heterocycles. The summed E-state index contributed by atoms with van der Waals surface area (Å²) in [5, 5.41) is 9.43. The summed E-state index contributed by atoms with van der Waals surface area (Å²) in [5.74, 6) is -0.271. The molecule has 2 rings (SSSR count). The summed E-state index contributed by atoms with van der Waals surface area (Å²) >= 11 is 0. The van der Waals surface area contributed by atoms with E-state index >= 15 is 0 Å². The van der Waals surface area contributed by atoms with Crippen molar-refractivity contribution in [3.8, 4) is 0 Å². The minimum absolute atomic E-state index is 0.271. The van der Waals surface area contributed by atoms with Gasteiger partial charge in [-0.25, -0.2) is 4.79 Å². The van der Waals surface area contributed by atoms with Crippen molar-refractivity contribution in [1.82, 2.24) is 0 Å². The van der Waals surface area contributed by atoms with E-state index in [4.69, 9.17) is 4.74 Å². The molecule has 1 aliphatic carbocycles. The number of cyclic esters (lactones) is 1. The average Bonchev–Trinajstić information content (AvgIpc) is 2.35. The summed E-state index contributed by atoms with van der Waals surface area (Å²) in [4.78, 5) is 11.0. The van der Waals surface area contributed by atoms with Crippen LogP contribution in [0.3, 0.4) is 0 Å². The average molecular weight is 166 g/mol. The number of aliphatic hydroxyl groups is 1. The van der Waals surface area contributed by atoms with E-state index in [1.54, 1.807) is 0 Å². The van der Waals surface area contributed by atoms with Crippen molar-refractivity contribution in [3.63, 3.8) is 0 Å². The van der Waals surface area contributed by atoms with Crippen molar-refractivity contribution in [2.45, 2.75) is 19.4 Å². The molecule has 64 valence electrons. The topological polar surface area (TPSA) is 46.5 Å². The van der Waals surface area contributed by atoms with Crippen LogP contribution in [-0.4, -0.2) is 23.8 Å². The molecule has 0 aromatic carbocycles. The molecule has 12 heavy (non-hydrogen) atoms. The van der Waals surface area contributed by atoms with Crippen molar-refractivity contribution >= 4 is 5.97 Å². The SMILES string of the molecule is CC1=CC2=C(CC1O)C(=O)OC2. The maximum absolute atomic E-state index is 11.0. The molecule has 1 unspecified atom stereocenters. The largest absolute Gasteiger partial charge is 0.457 e. The van der Waals surface area contributed by atoms with E-state index in [9.17, 15) is 9.90 Å². The molecule has 0 saturated carbocycles. The molecule has 0 spiro atoms. The third kappa shape index (κ3) is 0.975. The highest BCUT2D eigenvalue weighted by molar-refractivity contribution is 5.93. The fourth-order valence-corrected chi connectivity index (χ4v) is 1.52. The minimum atomic E-state index is -0.505. The summed E-state index contributed by atoms with van der Waals surface area (Å²) in [6.45, 7) is 2.23. The van der Waals surface area contributed by atoms with Crippen LogP contribution in [0.25, 0.3) is 0 Å². The molecule has 0 bridgehead atoms. The van der Waals surface area contributed by atoms with E-state index < -0.39 is 6.10 Å². The van der Waals surface area contributed by atoms with E-state index in [1.807, 2.05) is 13.0 Å². The summed E-state index contributed by atoms with van der Waals surface area (Å²) in [5.41, 5.74) is 2.49. The van der Waals surface area contributed by atoms with Gasteiger partial charge in [-0.2, -0.15) is 0 Å². The molecule has 0 aromatic rings. The van der Waals surface area contributed by atoms with E-state index in [0.717, 1.165) is 11.1 Å². The second kappa shape index (κ2) is 2.45. The molecule has 0 aromatic heterocycles. The first-order valence-electron chi connectivity index (χ1n) is 3.94. The van der Waals surface area contributed by atoms with Gasteiger partial charge in [0, 0.05) is 12.0 Å². The Labute approximate surface area is 70.3 Å². The maximum atomic E-state index is 11.0. The van der Waals surface area contributed by atoms with Crippen molar-refractivity contribution in [1.29, 1.82) is 0 Å². The highest BCUT2D eigenvalue weighted by Crippen LogP contribution is 2.29. The van der Waals surface area contributed by atoms with E-state index in [2.05, 4.69) is 0 Å². The van der Waals surface area contributed by atoms with Gasteiger partial charge in [0.15, 0.2) is 0 Å². The number of aliphatic hydroxyl groups excluding tert-OH is 1. The number of ether oxygens (including phenoxy) is 1. The molecular weight excluding hydrogens is 156 g/mol. The lowest BCUT2D eigenvalue weighted by atomic mass is 9.92. The Morgan fingerprint density at radius 3 is 3.17 bits per heavy atom. The van der Waals surface area contributed by atoms with Crippen molar-refractivity contribution in [2.75, 3.05) is 6.61 Å². The maximum Gasteiger partial charge on any atom is 0.334 e. The van der Waals surface area contributed by atoms with Crippen LogP contribution in [0.4, 0.5) is 0 Å². The Bertz CT molecular complexity index is 299. The third-order valence-corrected chi connectivity index (χ3v) is 2.32. The second-order valence-electron chi connectivity index (χ2n) is 3.19. The monoisotopic (exact) mass is 166 g/mol. The van der Waals surface area contributed by atoms with Gasteiger partial charge in [0.1, 0.15) is 6.61 Å². The quantitative estimate of drug-likeness (QED) is 0.534. The highest BCUT2D eigenvalue weighted by atomic mass is 16.5. The Kier molecular flexibility index (Phi) is 1.54. The predicted octanol–water partition coefficient (Wildman–Crippen LogP) is 0.551. The summed E-state index contributed by atoms with van der Waals surface area (Å²) < 4.78 is 4.83. The number of hydrogen-bond acceptors (Lipinski definition) is 3. The Morgan fingerprint density at radius 2 is 2.42 bits per heavy atom. The molecule has 0 saturated heterocycles. The standard InChI is InChI=1S/C9H10O3/c1-5-2-6-4-12-9(11)7(6)3-8(5)10/h2,8,10H,3-4H2,1H3. The normalized spacial score (nSPS) is 28.3. The van der Waals surface area contributed by atoms with Gasteiger partial charge in [-0.3, -0.25) is 0 Å². The third-order valence-electron chi connectivity index (χ3n) is 2.32. The van der Waals surface area contributed by atoms with Gasteiger partial charge in [-0.05, 0) is 18.1 Å². The summed E-state index contributed by atoms with van der Waals surface area (Å²) in [6.07, 6.45) is 1.75. The summed E-state index contributed by atoms with van der Waals surface area (Å²) in [7, 11) is 0. The lowest BCUT2D eigenvalue weighted by Gasteiger charge is -2.15. The second-order valence-corrected chi connectivity index (χ2v) is 3.19. The van der Waals surface area contributed by atoms with Crippen LogP contribution in [0, 0.1) is 0 Å². The van der Waals surface area contributed by atoms with Crippen LogP contribution >= 0.6 is 0 Å². The number of carbonyl (C=O) groups is 1. The molecule has 3 heteroatoms. The molecule has 0 amide bonds. The van der Waals surface area contributed by atoms with Gasteiger partial charge in [0.25, 0.3) is 0 Å². The molecule has 0 fully saturated rings. The predicted molar refractivity (Wildman–Crippen MR) is 42.4 cm³/mol. The molecular formula is C9H10O3. The number of esters is 1. The lowest BCUT2D eigenvalue weighted by Crippen LogP contribution is -2.15. The minimum Gasteiger partial charge on any atom is -0.457 e. The van der Waals surface area contributed by atoms with Crippen molar-refractivity contribution < 1.29 is 14.6 Å². The first kappa shape index (κ1) is 7.55. The zero-order valence-corrected chi connectivity index (χ0v) is 6.83. The number of carbonyl (C=O) groups excluding carboxylic acids is 1. The van der Waals surface area contributed by atoms with Crippen LogP contribution in [-0.2, 0) is 9.53 Å². The van der Waals surface area contributed by atoms with Gasteiger partial charge in [0.05, 0.1) is 6.10 Å². The Hall–Kier alpha value is -1.09. The van der Waals surface area contributed by atoms with Crippen molar-refractivity contribution in [2.24, 2.45) is 0 Å². The Balaban J connectivity index is 2.37. The van der Waals surface area contributed by atoms with Gasteiger partial charge in [-0.1, -0.05) is 6.08 Å². The smallest absolute Gasteiger partial charge is 0.334 e. The molecule has 1 aliphatic heterocycles. The molecule has 1 N–H and O–H groups in total. The van der Waals surface area contributed by atoms with Crippen LogP contribution < -0.4 is 0 Å². The van der Waals surface area contributed by atoms with Crippen LogP contribution in [0.5, 0.6) is 0 Å². The number of rotatable bonds is 0. The molecule has 1 atom stereocenters. The zero-order chi connectivity index (χ0) is 8.72. The van der Waals surface area contributed by atoms with Crippen LogP contribution in [0.15, 0.2) is 22.8 Å². The first-order valence-corrected chi connectivity index (χ1v) is 3.94. The first-order chi connectivity index (χ1) is 5.68. The van der Waals surface area contributed by atoms with Crippen LogP contribution in [0.1, 0.15) is 13.3 Å². The molecule has 0 radical (unpaired) electrons. The lowest BCUT2D eigenvalue weighted by molar-refractivity contribution is -0.136. The van der Waals surface area contributed by atoms with E-state index in [-0.39, 0.29) is 5.97 Å². The Morgan fingerprint density at radius 1 is 1.67 bits per heavy atom. The highest BCUT2D eigenvalue weighted by Gasteiger charge is 2.29. The van der Waals surface area contributed by atoms with Crippen molar-refractivity contribution in [3.05, 3.63) is 22.8 Å². The van der Waals surface area contributed by atoms with Gasteiger partial charge in [0.2, 0.25) is 0 Å². The summed E-state index contributed by atoms with van der Waals surface area (Å²) in [6, 6.07) is 0. The van der Waals surface area contributed by atoms with Gasteiger partial charge >= 0.3 is 5.97 Å². The number of hydrogen-bond donors (Lipinski definition) is 1. The molecule has 2 aliphatic rings. The molecule has 3 nitrogen and oxygen atoms in total.